The second-order valence-corrected chi connectivity index (χ2v) is 8.52. The van der Waals surface area contributed by atoms with Crippen LogP contribution in [0.15, 0.2) is 53.4 Å². The van der Waals surface area contributed by atoms with Crippen molar-refractivity contribution in [3.63, 3.8) is 0 Å². The van der Waals surface area contributed by atoms with Gasteiger partial charge in [-0.1, -0.05) is 37.3 Å². The first-order chi connectivity index (χ1) is 13.4. The third-order valence-corrected chi connectivity index (χ3v) is 6.24. The Morgan fingerprint density at radius 2 is 1.86 bits per heavy atom. The predicted molar refractivity (Wildman–Crippen MR) is 102 cm³/mol. The van der Waals surface area contributed by atoms with Crippen LogP contribution in [0.4, 0.5) is 0 Å². The maximum Gasteiger partial charge on any atom is 0.339 e. The summed E-state index contributed by atoms with van der Waals surface area (Å²) in [4.78, 5) is 24.5. The van der Waals surface area contributed by atoms with E-state index in [1.165, 1.54) is 25.1 Å². The van der Waals surface area contributed by atoms with Gasteiger partial charge in [0.1, 0.15) is 5.75 Å². The van der Waals surface area contributed by atoms with Crippen molar-refractivity contribution in [2.75, 3.05) is 19.0 Å². The van der Waals surface area contributed by atoms with Crippen LogP contribution in [0.1, 0.15) is 35.3 Å². The molecule has 148 valence electrons. The number of rotatable bonds is 6. The second kappa shape index (κ2) is 8.43. The van der Waals surface area contributed by atoms with E-state index in [4.69, 9.17) is 9.47 Å². The minimum atomic E-state index is -3.58. The van der Waals surface area contributed by atoms with E-state index in [0.29, 0.717) is 13.0 Å². The first kappa shape index (κ1) is 19.9. The molecule has 1 aliphatic rings. The van der Waals surface area contributed by atoms with Crippen molar-refractivity contribution in [3.05, 3.63) is 59.7 Å². The van der Waals surface area contributed by atoms with Gasteiger partial charge in [-0.15, -0.1) is 0 Å². The van der Waals surface area contributed by atoms with Crippen molar-refractivity contribution in [1.29, 1.82) is 0 Å². The standard InChI is InChI=1S/C20H21NO6S/c1-2-28(24,25)18-10-6-4-8-15(18)20(23)27-13-19(22)21-16-11-12-26-17-9-5-3-7-14(16)17/h3-10,16H,2,11-13H2,1H3,(H,21,22)/t16-/m0/s1. The van der Waals surface area contributed by atoms with Crippen molar-refractivity contribution >= 4 is 21.7 Å². The van der Waals surface area contributed by atoms with Crippen molar-refractivity contribution < 1.29 is 27.5 Å². The number of ether oxygens (including phenoxy) is 2. The number of nitrogens with one attached hydrogen (secondary N) is 1. The number of amides is 1. The minimum Gasteiger partial charge on any atom is -0.493 e. The van der Waals surface area contributed by atoms with Crippen LogP contribution >= 0.6 is 0 Å². The molecule has 0 radical (unpaired) electrons. The number of carbonyl (C=O) groups excluding carboxylic acids is 2. The minimum absolute atomic E-state index is 0.0754. The Kier molecular flexibility index (Phi) is 5.99. The number of sulfone groups is 1. The monoisotopic (exact) mass is 403 g/mol. The van der Waals surface area contributed by atoms with Gasteiger partial charge in [-0.3, -0.25) is 4.79 Å². The molecule has 1 amide bonds. The van der Waals surface area contributed by atoms with Crippen LogP contribution < -0.4 is 10.1 Å². The molecule has 3 rings (SSSR count). The molecule has 0 fully saturated rings. The van der Waals surface area contributed by atoms with Crippen LogP contribution in [0.25, 0.3) is 0 Å². The van der Waals surface area contributed by atoms with Gasteiger partial charge in [-0.05, 0) is 18.2 Å². The lowest BCUT2D eigenvalue weighted by molar-refractivity contribution is -0.125. The highest BCUT2D eigenvalue weighted by Gasteiger charge is 2.25. The Balaban J connectivity index is 1.64. The van der Waals surface area contributed by atoms with E-state index in [1.54, 1.807) is 6.07 Å². The van der Waals surface area contributed by atoms with Gasteiger partial charge in [0.15, 0.2) is 16.4 Å². The molecule has 2 aromatic carbocycles. The Hall–Kier alpha value is -2.87. The lowest BCUT2D eigenvalue weighted by Gasteiger charge is -2.26. The average Bonchev–Trinajstić information content (AvgIpc) is 2.72. The fraction of sp³-hybridized carbons (Fsp3) is 0.300. The SMILES string of the molecule is CCS(=O)(=O)c1ccccc1C(=O)OCC(=O)N[C@H]1CCOc2ccccc21. The van der Waals surface area contributed by atoms with E-state index >= 15 is 0 Å². The maximum atomic E-state index is 12.3. The van der Waals surface area contributed by atoms with Gasteiger partial charge < -0.3 is 14.8 Å². The summed E-state index contributed by atoms with van der Waals surface area (Å²) < 4.78 is 34.9. The Morgan fingerprint density at radius 1 is 1.14 bits per heavy atom. The molecular weight excluding hydrogens is 382 g/mol. The highest BCUT2D eigenvalue weighted by atomic mass is 32.2. The van der Waals surface area contributed by atoms with E-state index in [1.807, 2.05) is 24.3 Å². The third kappa shape index (κ3) is 4.33. The summed E-state index contributed by atoms with van der Waals surface area (Å²) in [6.07, 6.45) is 0.605. The second-order valence-electron chi connectivity index (χ2n) is 6.27. The van der Waals surface area contributed by atoms with Gasteiger partial charge in [-0.25, -0.2) is 13.2 Å². The van der Waals surface area contributed by atoms with Gasteiger partial charge in [0, 0.05) is 12.0 Å². The Labute approximate surface area is 163 Å². The number of hydrogen-bond donors (Lipinski definition) is 1. The molecule has 0 unspecified atom stereocenters. The summed E-state index contributed by atoms with van der Waals surface area (Å²) in [6.45, 7) is 1.47. The molecule has 0 spiro atoms. The van der Waals surface area contributed by atoms with Crippen molar-refractivity contribution in [2.45, 2.75) is 24.3 Å². The zero-order valence-corrected chi connectivity index (χ0v) is 16.2. The largest absolute Gasteiger partial charge is 0.493 e. The van der Waals surface area contributed by atoms with Gasteiger partial charge in [0.25, 0.3) is 5.91 Å². The molecule has 1 aliphatic heterocycles. The lowest BCUT2D eigenvalue weighted by Crippen LogP contribution is -2.35. The summed E-state index contributed by atoms with van der Waals surface area (Å²) in [7, 11) is -3.58. The molecule has 2 aromatic rings. The molecule has 8 heteroatoms. The van der Waals surface area contributed by atoms with Crippen LogP contribution in [0, 0.1) is 0 Å². The average molecular weight is 403 g/mol. The summed E-state index contributed by atoms with van der Waals surface area (Å²) in [5, 5.41) is 2.82. The molecule has 7 nitrogen and oxygen atoms in total. The number of hydrogen-bond acceptors (Lipinski definition) is 6. The smallest absolute Gasteiger partial charge is 0.339 e. The summed E-state index contributed by atoms with van der Waals surface area (Å²) in [6, 6.07) is 13.0. The maximum absolute atomic E-state index is 12.3. The summed E-state index contributed by atoms with van der Waals surface area (Å²) >= 11 is 0. The van der Waals surface area contributed by atoms with Crippen molar-refractivity contribution in [1.82, 2.24) is 5.32 Å². The topological polar surface area (TPSA) is 98.8 Å². The van der Waals surface area contributed by atoms with Gasteiger partial charge >= 0.3 is 5.97 Å². The fourth-order valence-corrected chi connectivity index (χ4v) is 4.08. The van der Waals surface area contributed by atoms with Crippen molar-refractivity contribution in [2.24, 2.45) is 0 Å². The quantitative estimate of drug-likeness (QED) is 0.743. The van der Waals surface area contributed by atoms with E-state index in [-0.39, 0.29) is 22.3 Å². The van der Waals surface area contributed by atoms with E-state index in [2.05, 4.69) is 5.32 Å². The number of fused-ring (bicyclic) bond motifs is 1. The molecule has 0 bridgehead atoms. The molecule has 0 aliphatic carbocycles. The highest BCUT2D eigenvalue weighted by Crippen LogP contribution is 2.31. The Bertz CT molecular complexity index is 986. The molecule has 1 N–H and O–H groups in total. The highest BCUT2D eigenvalue weighted by molar-refractivity contribution is 7.91. The zero-order valence-electron chi connectivity index (χ0n) is 15.4. The number of carbonyl (C=O) groups is 2. The van der Waals surface area contributed by atoms with E-state index in [0.717, 1.165) is 11.3 Å². The zero-order chi connectivity index (χ0) is 20.1. The number of benzene rings is 2. The van der Waals surface area contributed by atoms with E-state index in [9.17, 15) is 18.0 Å². The van der Waals surface area contributed by atoms with Crippen LogP contribution in [0.2, 0.25) is 0 Å². The van der Waals surface area contributed by atoms with Gasteiger partial charge in [0.05, 0.1) is 28.9 Å². The van der Waals surface area contributed by atoms with E-state index < -0.39 is 28.3 Å². The molecule has 0 saturated heterocycles. The van der Waals surface area contributed by atoms with Crippen molar-refractivity contribution in [3.8, 4) is 5.75 Å². The first-order valence-corrected chi connectivity index (χ1v) is 10.6. The van der Waals surface area contributed by atoms with Gasteiger partial charge in [-0.2, -0.15) is 0 Å². The molecule has 1 heterocycles. The molecule has 1 atom stereocenters. The third-order valence-electron chi connectivity index (χ3n) is 4.45. The Morgan fingerprint density at radius 3 is 2.64 bits per heavy atom. The first-order valence-electron chi connectivity index (χ1n) is 8.92. The number of para-hydroxylation sites is 1. The molecule has 28 heavy (non-hydrogen) atoms. The molecule has 0 saturated carbocycles. The summed E-state index contributed by atoms with van der Waals surface area (Å²) in [5.74, 6) is -0.739. The van der Waals surface area contributed by atoms with Crippen LogP contribution in [-0.2, 0) is 19.4 Å². The molecular formula is C20H21NO6S. The number of esters is 1. The normalized spacial score (nSPS) is 15.8. The fourth-order valence-electron chi connectivity index (χ4n) is 3.00. The molecule has 0 aromatic heterocycles. The summed E-state index contributed by atoms with van der Waals surface area (Å²) in [5.41, 5.74) is 0.793. The van der Waals surface area contributed by atoms with Crippen LogP contribution in [0.3, 0.4) is 0 Å². The van der Waals surface area contributed by atoms with Crippen LogP contribution in [-0.4, -0.2) is 39.3 Å². The lowest BCUT2D eigenvalue weighted by atomic mass is 10.0. The predicted octanol–water partition coefficient (Wildman–Crippen LogP) is 2.28. The van der Waals surface area contributed by atoms with Gasteiger partial charge in [0.2, 0.25) is 0 Å². The van der Waals surface area contributed by atoms with Crippen LogP contribution in [0.5, 0.6) is 5.75 Å².